The van der Waals surface area contributed by atoms with Gasteiger partial charge in [0.05, 0.1) is 27.1 Å². The van der Waals surface area contributed by atoms with Crippen LogP contribution in [0, 0.1) is 11.3 Å². The summed E-state index contributed by atoms with van der Waals surface area (Å²) in [6.07, 6.45) is 2.61. The van der Waals surface area contributed by atoms with Gasteiger partial charge in [-0.2, -0.15) is 0 Å². The molecular formula is C26H23BrN2O2S. The predicted octanol–water partition coefficient (Wildman–Crippen LogP) is 6.82. The van der Waals surface area contributed by atoms with Gasteiger partial charge in [-0.15, -0.1) is 11.3 Å². The number of nitrogens with one attached hydrogen (secondary N) is 1. The van der Waals surface area contributed by atoms with Crippen LogP contribution in [0.1, 0.15) is 41.5 Å². The fourth-order valence-electron chi connectivity index (χ4n) is 4.73. The summed E-state index contributed by atoms with van der Waals surface area (Å²) in [5.41, 5.74) is 2.83. The molecule has 2 aromatic carbocycles. The van der Waals surface area contributed by atoms with E-state index < -0.39 is 12.0 Å². The molecule has 162 valence electrons. The number of halogens is 1. The minimum absolute atomic E-state index is 0.117. The number of hydrogen-bond acceptors (Lipinski definition) is 4. The zero-order valence-corrected chi connectivity index (χ0v) is 20.2. The third kappa shape index (κ3) is 3.71. The number of fused-ring (bicyclic) bond motifs is 2. The fourth-order valence-corrected chi connectivity index (χ4v) is 6.28. The van der Waals surface area contributed by atoms with Crippen molar-refractivity contribution in [2.45, 2.75) is 26.3 Å². The van der Waals surface area contributed by atoms with E-state index in [4.69, 9.17) is 0 Å². The van der Waals surface area contributed by atoms with Crippen molar-refractivity contribution in [1.82, 2.24) is 0 Å². The van der Waals surface area contributed by atoms with E-state index in [2.05, 4.69) is 41.2 Å². The van der Waals surface area contributed by atoms with Crippen LogP contribution >= 0.6 is 27.3 Å². The molecule has 2 atom stereocenters. The number of para-hydroxylation sites is 2. The Morgan fingerprint density at radius 1 is 1.06 bits per heavy atom. The van der Waals surface area contributed by atoms with Gasteiger partial charge >= 0.3 is 0 Å². The van der Waals surface area contributed by atoms with Gasteiger partial charge in [-0.25, -0.2) is 0 Å². The number of ketones is 1. The van der Waals surface area contributed by atoms with E-state index >= 15 is 0 Å². The minimum Gasteiger partial charge on any atom is -0.357 e. The monoisotopic (exact) mass is 506 g/mol. The van der Waals surface area contributed by atoms with Gasteiger partial charge in [0.25, 0.3) is 5.91 Å². The average Bonchev–Trinajstić information content (AvgIpc) is 3.12. The SMILES string of the molecule is CC1(C)C=C2Nc3ccccc3N(C(=O)c3ccccc3)[C@H](c3ccc(Br)s3)[C@@H]2C(=O)C1. The first-order valence-corrected chi connectivity index (χ1v) is 12.2. The number of Topliss-reactive ketones (excluding diaryl/α,β-unsaturated/α-hetero) is 1. The molecular weight excluding hydrogens is 484 g/mol. The van der Waals surface area contributed by atoms with Crippen molar-refractivity contribution in [2.75, 3.05) is 10.2 Å². The first-order chi connectivity index (χ1) is 15.3. The fraction of sp³-hybridized carbons (Fsp3) is 0.231. The molecule has 1 aliphatic carbocycles. The number of rotatable bonds is 2. The predicted molar refractivity (Wildman–Crippen MR) is 133 cm³/mol. The van der Waals surface area contributed by atoms with Crippen LogP contribution in [0.15, 0.2) is 82.3 Å². The summed E-state index contributed by atoms with van der Waals surface area (Å²) in [5, 5.41) is 3.53. The quantitative estimate of drug-likeness (QED) is 0.414. The molecule has 0 unspecified atom stereocenters. The first kappa shape index (κ1) is 21.2. The molecule has 0 spiro atoms. The van der Waals surface area contributed by atoms with E-state index in [0.29, 0.717) is 12.0 Å². The molecule has 3 aromatic rings. The maximum absolute atomic E-state index is 14.0. The lowest BCUT2D eigenvalue weighted by Crippen LogP contribution is -2.43. The van der Waals surface area contributed by atoms with Crippen LogP contribution in [0.4, 0.5) is 11.4 Å². The van der Waals surface area contributed by atoms with Crippen molar-refractivity contribution in [3.05, 3.63) is 92.7 Å². The number of benzene rings is 2. The summed E-state index contributed by atoms with van der Waals surface area (Å²) in [4.78, 5) is 30.4. The Morgan fingerprint density at radius 2 is 1.78 bits per heavy atom. The van der Waals surface area contributed by atoms with Crippen molar-refractivity contribution in [1.29, 1.82) is 0 Å². The number of thiophene rings is 1. The van der Waals surface area contributed by atoms with Gasteiger partial charge in [-0.05, 0) is 57.7 Å². The lowest BCUT2D eigenvalue weighted by molar-refractivity contribution is -0.124. The largest absolute Gasteiger partial charge is 0.357 e. The number of carbonyl (C=O) groups is 2. The van der Waals surface area contributed by atoms with Gasteiger partial charge < -0.3 is 5.32 Å². The van der Waals surface area contributed by atoms with Gasteiger partial charge in [0.2, 0.25) is 0 Å². The summed E-state index contributed by atoms with van der Waals surface area (Å²) in [7, 11) is 0. The van der Waals surface area contributed by atoms with E-state index in [1.54, 1.807) is 11.3 Å². The number of allylic oxidation sites excluding steroid dienone is 1. The van der Waals surface area contributed by atoms with E-state index in [-0.39, 0.29) is 17.1 Å². The number of carbonyl (C=O) groups excluding carboxylic acids is 2. The lowest BCUT2D eigenvalue weighted by Gasteiger charge is -2.38. The Labute approximate surface area is 200 Å². The highest BCUT2D eigenvalue weighted by molar-refractivity contribution is 9.11. The Kier molecular flexibility index (Phi) is 5.30. The summed E-state index contributed by atoms with van der Waals surface area (Å²) in [5.74, 6) is -0.435. The normalized spacial score (nSPS) is 21.7. The summed E-state index contributed by atoms with van der Waals surface area (Å²) in [6.45, 7) is 4.16. The summed E-state index contributed by atoms with van der Waals surface area (Å²) < 4.78 is 0.971. The molecule has 1 amide bonds. The second-order valence-corrected chi connectivity index (χ2v) is 11.5. The van der Waals surface area contributed by atoms with Gasteiger partial charge in [-0.1, -0.05) is 50.3 Å². The number of hydrogen-bond donors (Lipinski definition) is 1. The highest BCUT2D eigenvalue weighted by Gasteiger charge is 2.46. The molecule has 4 nitrogen and oxygen atoms in total. The molecule has 5 rings (SSSR count). The van der Waals surface area contributed by atoms with Gasteiger partial charge in [0.1, 0.15) is 5.78 Å². The van der Waals surface area contributed by atoms with Crippen LogP contribution in [0.5, 0.6) is 0 Å². The van der Waals surface area contributed by atoms with Crippen LogP contribution in [0.3, 0.4) is 0 Å². The maximum atomic E-state index is 14.0. The highest BCUT2D eigenvalue weighted by atomic mass is 79.9. The number of anilines is 2. The van der Waals surface area contributed by atoms with Crippen molar-refractivity contribution in [3.8, 4) is 0 Å². The molecule has 0 fully saturated rings. The average molecular weight is 507 g/mol. The molecule has 1 aliphatic heterocycles. The lowest BCUT2D eigenvalue weighted by atomic mass is 9.73. The standard InChI is InChI=1S/C26H23BrN2O2S/c1-26(2)14-18-23(20(30)15-26)24(21-12-13-22(27)32-21)29(19-11-7-6-10-17(19)28-18)25(31)16-8-4-3-5-9-16/h3-14,23-24,28H,15H2,1-2H3/t23-,24+/m0/s1. The number of nitrogens with zero attached hydrogens (tertiary/aromatic N) is 1. The molecule has 0 saturated heterocycles. The molecule has 32 heavy (non-hydrogen) atoms. The van der Waals surface area contributed by atoms with Crippen LogP contribution in [0.2, 0.25) is 0 Å². The second kappa shape index (κ2) is 8.01. The molecule has 0 radical (unpaired) electrons. The number of amides is 1. The van der Waals surface area contributed by atoms with Gasteiger partial charge in [-0.3, -0.25) is 14.5 Å². The van der Waals surface area contributed by atoms with Crippen LogP contribution < -0.4 is 10.2 Å². The van der Waals surface area contributed by atoms with E-state index in [1.807, 2.05) is 71.6 Å². The third-order valence-electron chi connectivity index (χ3n) is 6.02. The molecule has 2 heterocycles. The van der Waals surface area contributed by atoms with E-state index in [9.17, 15) is 9.59 Å². The van der Waals surface area contributed by atoms with Crippen LogP contribution in [-0.4, -0.2) is 11.7 Å². The maximum Gasteiger partial charge on any atom is 0.258 e. The van der Waals surface area contributed by atoms with Gasteiger partial charge in [0, 0.05) is 22.6 Å². The minimum atomic E-state index is -0.464. The van der Waals surface area contributed by atoms with Crippen molar-refractivity contribution in [2.24, 2.45) is 11.3 Å². The molecule has 1 N–H and O–H groups in total. The third-order valence-corrected chi connectivity index (χ3v) is 7.71. The van der Waals surface area contributed by atoms with Crippen molar-refractivity contribution in [3.63, 3.8) is 0 Å². The summed E-state index contributed by atoms with van der Waals surface area (Å²) >= 11 is 5.14. The second-order valence-electron chi connectivity index (χ2n) is 8.98. The summed E-state index contributed by atoms with van der Waals surface area (Å²) in [6, 6.07) is 20.6. The Balaban J connectivity index is 1.78. The Bertz CT molecular complexity index is 1230. The van der Waals surface area contributed by atoms with Crippen LogP contribution in [0.25, 0.3) is 0 Å². The molecule has 0 saturated carbocycles. The smallest absolute Gasteiger partial charge is 0.258 e. The van der Waals surface area contributed by atoms with E-state index in [1.165, 1.54) is 0 Å². The van der Waals surface area contributed by atoms with Crippen molar-refractivity contribution < 1.29 is 9.59 Å². The zero-order chi connectivity index (χ0) is 22.5. The first-order valence-electron chi connectivity index (χ1n) is 10.6. The van der Waals surface area contributed by atoms with Crippen molar-refractivity contribution >= 4 is 50.3 Å². The highest BCUT2D eigenvalue weighted by Crippen LogP contribution is 2.50. The topological polar surface area (TPSA) is 49.4 Å². The molecule has 2 aliphatic rings. The Morgan fingerprint density at radius 3 is 2.50 bits per heavy atom. The van der Waals surface area contributed by atoms with Crippen LogP contribution in [-0.2, 0) is 4.79 Å². The van der Waals surface area contributed by atoms with E-state index in [0.717, 1.165) is 25.7 Å². The van der Waals surface area contributed by atoms with Gasteiger partial charge in [0.15, 0.2) is 0 Å². The Hall–Kier alpha value is -2.70. The molecule has 1 aromatic heterocycles. The zero-order valence-electron chi connectivity index (χ0n) is 17.8. The molecule has 6 heteroatoms. The molecule has 0 bridgehead atoms.